The molecular weight excluding hydrogens is 244 g/mol. The Bertz CT molecular complexity index is 631. The van der Waals surface area contributed by atoms with Gasteiger partial charge in [0.25, 0.3) is 5.91 Å². The topological polar surface area (TPSA) is 80.9 Å². The number of carbonyl (C=O) groups is 1. The number of carbonyl (C=O) groups excluding carboxylic acids is 1. The van der Waals surface area contributed by atoms with Crippen LogP contribution < -0.4 is 5.32 Å². The van der Waals surface area contributed by atoms with Gasteiger partial charge in [-0.1, -0.05) is 0 Å². The molecule has 1 aliphatic rings. The van der Waals surface area contributed by atoms with Crippen molar-refractivity contribution >= 4 is 11.7 Å². The van der Waals surface area contributed by atoms with Gasteiger partial charge in [-0.25, -0.2) is 15.0 Å². The summed E-state index contributed by atoms with van der Waals surface area (Å²) in [5.74, 6) is 1.56. The predicted octanol–water partition coefficient (Wildman–Crippen LogP) is 2.21. The summed E-state index contributed by atoms with van der Waals surface area (Å²) >= 11 is 0. The zero-order valence-corrected chi connectivity index (χ0v) is 10.8. The van der Waals surface area contributed by atoms with Crippen LogP contribution in [0.5, 0.6) is 0 Å². The van der Waals surface area contributed by atoms with Gasteiger partial charge in [0.1, 0.15) is 11.6 Å². The quantitative estimate of drug-likeness (QED) is 0.912. The molecule has 2 heterocycles. The molecule has 98 valence electrons. The third kappa shape index (κ3) is 2.47. The molecule has 19 heavy (non-hydrogen) atoms. The van der Waals surface area contributed by atoms with E-state index < -0.39 is 0 Å². The Morgan fingerprint density at radius 3 is 2.79 bits per heavy atom. The van der Waals surface area contributed by atoms with Crippen LogP contribution in [0, 0.1) is 13.8 Å². The van der Waals surface area contributed by atoms with Crippen LogP contribution >= 0.6 is 0 Å². The fourth-order valence-corrected chi connectivity index (χ4v) is 1.94. The first-order valence-electron chi connectivity index (χ1n) is 6.20. The van der Waals surface area contributed by atoms with E-state index in [0.29, 0.717) is 23.3 Å². The normalized spacial score (nSPS) is 14.4. The van der Waals surface area contributed by atoms with Crippen molar-refractivity contribution < 1.29 is 9.21 Å². The van der Waals surface area contributed by atoms with Crippen LogP contribution in [0.15, 0.2) is 16.9 Å². The summed E-state index contributed by atoms with van der Waals surface area (Å²) in [7, 11) is 0. The number of aromatic nitrogens is 3. The first-order valence-corrected chi connectivity index (χ1v) is 6.20. The molecule has 0 saturated heterocycles. The van der Waals surface area contributed by atoms with Gasteiger partial charge >= 0.3 is 0 Å². The first kappa shape index (κ1) is 11.8. The number of oxazole rings is 1. The zero-order chi connectivity index (χ0) is 13.4. The lowest BCUT2D eigenvalue weighted by atomic mass is 10.2. The highest BCUT2D eigenvalue weighted by Crippen LogP contribution is 2.39. The van der Waals surface area contributed by atoms with E-state index >= 15 is 0 Å². The lowest BCUT2D eigenvalue weighted by Crippen LogP contribution is -2.14. The number of rotatable bonds is 3. The van der Waals surface area contributed by atoms with Crippen LogP contribution in [0.1, 0.15) is 46.5 Å². The molecule has 1 aliphatic carbocycles. The summed E-state index contributed by atoms with van der Waals surface area (Å²) in [6, 6.07) is 1.83. The van der Waals surface area contributed by atoms with Crippen molar-refractivity contribution in [3.8, 4) is 0 Å². The molecule has 3 rings (SSSR count). The van der Waals surface area contributed by atoms with Gasteiger partial charge in [0.2, 0.25) is 5.76 Å². The van der Waals surface area contributed by atoms with Crippen LogP contribution in [0.25, 0.3) is 0 Å². The second-order valence-corrected chi connectivity index (χ2v) is 4.72. The van der Waals surface area contributed by atoms with Crippen molar-refractivity contribution in [2.75, 3.05) is 5.32 Å². The highest BCUT2D eigenvalue weighted by molar-refractivity contribution is 6.02. The molecular formula is C13H14N4O2. The molecule has 1 N–H and O–H groups in total. The summed E-state index contributed by atoms with van der Waals surface area (Å²) in [5, 5.41) is 2.73. The summed E-state index contributed by atoms with van der Waals surface area (Å²) in [6.07, 6.45) is 3.57. The average molecular weight is 258 g/mol. The average Bonchev–Trinajstić information content (AvgIpc) is 3.11. The van der Waals surface area contributed by atoms with E-state index in [-0.39, 0.29) is 11.7 Å². The van der Waals surface area contributed by atoms with E-state index in [1.165, 1.54) is 6.39 Å². The maximum atomic E-state index is 12.0. The standard InChI is InChI=1S/C13H14N4O2/c1-7-12(19-6-14-7)13(18)17-11-5-10(9-3-4-9)15-8(2)16-11/h5-6,9H,3-4H2,1-2H3,(H,15,16,17,18). The summed E-state index contributed by atoms with van der Waals surface area (Å²) in [5.41, 5.74) is 1.56. The Balaban J connectivity index is 1.83. The van der Waals surface area contributed by atoms with E-state index in [1.54, 1.807) is 6.92 Å². The van der Waals surface area contributed by atoms with Crippen LogP contribution in [-0.2, 0) is 0 Å². The van der Waals surface area contributed by atoms with Crippen molar-refractivity contribution in [3.05, 3.63) is 35.4 Å². The summed E-state index contributed by atoms with van der Waals surface area (Å²) in [4.78, 5) is 24.5. The van der Waals surface area contributed by atoms with Gasteiger partial charge in [-0.05, 0) is 26.7 Å². The van der Waals surface area contributed by atoms with Crippen molar-refractivity contribution in [2.45, 2.75) is 32.6 Å². The molecule has 1 amide bonds. The number of aryl methyl sites for hydroxylation is 2. The van der Waals surface area contributed by atoms with E-state index in [2.05, 4.69) is 20.3 Å². The minimum atomic E-state index is -0.338. The van der Waals surface area contributed by atoms with E-state index in [1.807, 2.05) is 13.0 Å². The first-order chi connectivity index (χ1) is 9.13. The van der Waals surface area contributed by atoms with Gasteiger partial charge in [-0.3, -0.25) is 4.79 Å². The fourth-order valence-electron chi connectivity index (χ4n) is 1.94. The van der Waals surface area contributed by atoms with Gasteiger partial charge in [0.05, 0.1) is 5.69 Å². The van der Waals surface area contributed by atoms with Crippen LogP contribution in [0.4, 0.5) is 5.82 Å². The van der Waals surface area contributed by atoms with Gasteiger partial charge < -0.3 is 9.73 Å². The van der Waals surface area contributed by atoms with Crippen LogP contribution in [0.2, 0.25) is 0 Å². The van der Waals surface area contributed by atoms with Gasteiger partial charge in [-0.15, -0.1) is 0 Å². The molecule has 0 bridgehead atoms. The van der Waals surface area contributed by atoms with Gasteiger partial charge in [-0.2, -0.15) is 0 Å². The number of nitrogens with one attached hydrogen (secondary N) is 1. The SMILES string of the molecule is Cc1nc(NC(=O)c2ocnc2C)cc(C2CC2)n1. The molecule has 0 aromatic carbocycles. The Hall–Kier alpha value is -2.24. The Kier molecular flexibility index (Phi) is 2.77. The molecule has 6 nitrogen and oxygen atoms in total. The maximum absolute atomic E-state index is 12.0. The van der Waals surface area contributed by atoms with E-state index in [4.69, 9.17) is 4.42 Å². The largest absolute Gasteiger partial charge is 0.438 e. The van der Waals surface area contributed by atoms with Gasteiger partial charge in [0.15, 0.2) is 6.39 Å². The smallest absolute Gasteiger partial charge is 0.294 e. The Morgan fingerprint density at radius 1 is 1.37 bits per heavy atom. The zero-order valence-electron chi connectivity index (χ0n) is 10.8. The number of hydrogen-bond acceptors (Lipinski definition) is 5. The minimum absolute atomic E-state index is 0.212. The molecule has 2 aromatic heterocycles. The molecule has 0 atom stereocenters. The Morgan fingerprint density at radius 2 is 2.16 bits per heavy atom. The highest BCUT2D eigenvalue weighted by atomic mass is 16.3. The number of amides is 1. The van der Waals surface area contributed by atoms with Crippen molar-refractivity contribution in [3.63, 3.8) is 0 Å². The second-order valence-electron chi connectivity index (χ2n) is 4.72. The molecule has 0 spiro atoms. The molecule has 6 heteroatoms. The van der Waals surface area contributed by atoms with E-state index in [0.717, 1.165) is 18.5 Å². The molecule has 0 unspecified atom stereocenters. The lowest BCUT2D eigenvalue weighted by molar-refractivity contribution is 0.0995. The summed E-state index contributed by atoms with van der Waals surface area (Å²) < 4.78 is 5.05. The van der Waals surface area contributed by atoms with E-state index in [9.17, 15) is 4.79 Å². The minimum Gasteiger partial charge on any atom is -0.438 e. The predicted molar refractivity (Wildman–Crippen MR) is 67.9 cm³/mol. The van der Waals surface area contributed by atoms with Crippen LogP contribution in [0.3, 0.4) is 0 Å². The van der Waals surface area contributed by atoms with Crippen molar-refractivity contribution in [1.82, 2.24) is 15.0 Å². The maximum Gasteiger partial charge on any atom is 0.294 e. The molecule has 0 radical (unpaired) electrons. The highest BCUT2D eigenvalue weighted by Gasteiger charge is 2.26. The monoisotopic (exact) mass is 258 g/mol. The number of hydrogen-bond donors (Lipinski definition) is 1. The van der Waals surface area contributed by atoms with Crippen LogP contribution in [-0.4, -0.2) is 20.9 Å². The van der Waals surface area contributed by atoms with Crippen molar-refractivity contribution in [1.29, 1.82) is 0 Å². The molecule has 2 aromatic rings. The number of anilines is 1. The molecule has 1 fully saturated rings. The Labute approximate surface area is 110 Å². The molecule has 0 aliphatic heterocycles. The fraction of sp³-hybridized carbons (Fsp3) is 0.385. The van der Waals surface area contributed by atoms with Crippen molar-refractivity contribution in [2.24, 2.45) is 0 Å². The lowest BCUT2D eigenvalue weighted by Gasteiger charge is -2.06. The number of nitrogens with zero attached hydrogens (tertiary/aromatic N) is 3. The third-order valence-electron chi connectivity index (χ3n) is 3.05. The second kappa shape index (κ2) is 4.46. The third-order valence-corrected chi connectivity index (χ3v) is 3.05. The van der Waals surface area contributed by atoms with Gasteiger partial charge in [0, 0.05) is 17.7 Å². The summed E-state index contributed by atoms with van der Waals surface area (Å²) in [6.45, 7) is 3.54. The molecule has 1 saturated carbocycles.